The Morgan fingerprint density at radius 1 is 1.14 bits per heavy atom. The maximum atomic E-state index is 11.1. The fourth-order valence-corrected chi connectivity index (χ4v) is 2.14. The highest BCUT2D eigenvalue weighted by Gasteiger charge is 2.16. The maximum absolute atomic E-state index is 11.1. The molecule has 114 valence electrons. The van der Waals surface area contributed by atoms with E-state index in [2.05, 4.69) is 10.6 Å². The highest BCUT2D eigenvalue weighted by Crippen LogP contribution is 2.30. The largest absolute Gasteiger partial charge is 0.465 e. The molecule has 0 heterocycles. The SMILES string of the molecule is C[C@@H](NC(=O)O)c1ccccc1Nc1ccccc1[N+](=O)[O-]. The normalized spacial score (nSPS) is 11.5. The molecule has 22 heavy (non-hydrogen) atoms. The molecule has 0 radical (unpaired) electrons. The summed E-state index contributed by atoms with van der Waals surface area (Å²) in [5, 5.41) is 25.2. The molecule has 2 aromatic carbocycles. The van der Waals surface area contributed by atoms with Crippen LogP contribution in [-0.4, -0.2) is 16.1 Å². The molecular weight excluding hydrogens is 286 g/mol. The fourth-order valence-electron chi connectivity index (χ4n) is 2.14. The van der Waals surface area contributed by atoms with Gasteiger partial charge in [0, 0.05) is 11.8 Å². The van der Waals surface area contributed by atoms with Crippen LogP contribution in [0.2, 0.25) is 0 Å². The molecule has 1 amide bonds. The third-order valence-electron chi connectivity index (χ3n) is 3.14. The number of rotatable bonds is 5. The van der Waals surface area contributed by atoms with E-state index in [-0.39, 0.29) is 5.69 Å². The molecule has 0 unspecified atom stereocenters. The quantitative estimate of drug-likeness (QED) is 0.577. The molecular formula is C15H15N3O4. The van der Waals surface area contributed by atoms with E-state index in [0.717, 1.165) is 0 Å². The monoisotopic (exact) mass is 301 g/mol. The molecule has 0 aliphatic carbocycles. The van der Waals surface area contributed by atoms with E-state index in [4.69, 9.17) is 5.11 Å². The predicted octanol–water partition coefficient (Wildman–Crippen LogP) is 3.67. The minimum Gasteiger partial charge on any atom is -0.465 e. The topological polar surface area (TPSA) is 104 Å². The van der Waals surface area contributed by atoms with Crippen molar-refractivity contribution in [2.45, 2.75) is 13.0 Å². The lowest BCUT2D eigenvalue weighted by molar-refractivity contribution is -0.383. The second-order valence-electron chi connectivity index (χ2n) is 4.66. The second-order valence-corrected chi connectivity index (χ2v) is 4.66. The molecule has 0 fully saturated rings. The first-order valence-electron chi connectivity index (χ1n) is 6.58. The minimum atomic E-state index is -1.13. The fraction of sp³-hybridized carbons (Fsp3) is 0.133. The molecule has 0 aromatic heterocycles. The molecule has 0 saturated carbocycles. The number of anilines is 2. The molecule has 0 aliphatic rings. The molecule has 7 nitrogen and oxygen atoms in total. The second kappa shape index (κ2) is 6.57. The van der Waals surface area contributed by atoms with Gasteiger partial charge in [0.25, 0.3) is 5.69 Å². The van der Waals surface area contributed by atoms with Gasteiger partial charge in [-0.1, -0.05) is 30.3 Å². The van der Waals surface area contributed by atoms with Gasteiger partial charge in [0.05, 0.1) is 11.0 Å². The van der Waals surface area contributed by atoms with Gasteiger partial charge in [-0.3, -0.25) is 10.1 Å². The van der Waals surface area contributed by atoms with E-state index in [1.807, 2.05) is 0 Å². The molecule has 7 heteroatoms. The number of nitrogens with zero attached hydrogens (tertiary/aromatic N) is 1. The predicted molar refractivity (Wildman–Crippen MR) is 82.4 cm³/mol. The minimum absolute atomic E-state index is 0.0452. The number of carboxylic acid groups (broad SMARTS) is 1. The molecule has 0 bridgehead atoms. The number of hydrogen-bond donors (Lipinski definition) is 3. The number of nitrogens with one attached hydrogen (secondary N) is 2. The van der Waals surface area contributed by atoms with Crippen molar-refractivity contribution in [1.82, 2.24) is 5.32 Å². The van der Waals surface area contributed by atoms with Gasteiger partial charge < -0.3 is 15.7 Å². The summed E-state index contributed by atoms with van der Waals surface area (Å²) in [5.74, 6) is 0. The van der Waals surface area contributed by atoms with E-state index in [0.29, 0.717) is 16.9 Å². The molecule has 0 saturated heterocycles. The Morgan fingerprint density at radius 2 is 1.73 bits per heavy atom. The Morgan fingerprint density at radius 3 is 2.36 bits per heavy atom. The van der Waals surface area contributed by atoms with Crippen molar-refractivity contribution < 1.29 is 14.8 Å². The molecule has 1 atom stereocenters. The van der Waals surface area contributed by atoms with Gasteiger partial charge >= 0.3 is 6.09 Å². The van der Waals surface area contributed by atoms with Crippen molar-refractivity contribution in [1.29, 1.82) is 0 Å². The summed E-state index contributed by atoms with van der Waals surface area (Å²) < 4.78 is 0. The van der Waals surface area contributed by atoms with Crippen LogP contribution in [0.25, 0.3) is 0 Å². The third-order valence-corrected chi connectivity index (χ3v) is 3.14. The Labute approximate surface area is 126 Å². The Bertz CT molecular complexity index is 703. The molecule has 2 aromatic rings. The van der Waals surface area contributed by atoms with Crippen LogP contribution in [-0.2, 0) is 0 Å². The number of para-hydroxylation sites is 3. The number of amides is 1. The average Bonchev–Trinajstić information content (AvgIpc) is 2.47. The number of benzene rings is 2. The van der Waals surface area contributed by atoms with Crippen molar-refractivity contribution >= 4 is 23.2 Å². The summed E-state index contributed by atoms with van der Waals surface area (Å²) in [6, 6.07) is 12.9. The van der Waals surface area contributed by atoms with Gasteiger partial charge in [-0.25, -0.2) is 4.79 Å². The van der Waals surface area contributed by atoms with Crippen LogP contribution in [0.4, 0.5) is 21.9 Å². The van der Waals surface area contributed by atoms with Gasteiger partial charge in [-0.15, -0.1) is 0 Å². The van der Waals surface area contributed by atoms with Crippen molar-refractivity contribution in [3.63, 3.8) is 0 Å². The summed E-state index contributed by atoms with van der Waals surface area (Å²) in [6.07, 6.45) is -1.13. The van der Waals surface area contributed by atoms with Crippen LogP contribution >= 0.6 is 0 Å². The number of nitro groups is 1. The first-order valence-corrected chi connectivity index (χ1v) is 6.58. The van der Waals surface area contributed by atoms with Crippen LogP contribution in [0.3, 0.4) is 0 Å². The van der Waals surface area contributed by atoms with E-state index in [9.17, 15) is 14.9 Å². The van der Waals surface area contributed by atoms with E-state index in [1.54, 1.807) is 49.4 Å². The summed E-state index contributed by atoms with van der Waals surface area (Å²) >= 11 is 0. The van der Waals surface area contributed by atoms with Crippen LogP contribution in [0, 0.1) is 10.1 Å². The zero-order valence-corrected chi connectivity index (χ0v) is 11.8. The standard InChI is InChI=1S/C15H15N3O4/c1-10(16-15(19)20)11-6-2-3-7-12(11)17-13-8-4-5-9-14(13)18(21)22/h2-10,16-17H,1H3,(H,19,20)/t10-/m1/s1. The average molecular weight is 301 g/mol. The van der Waals surface area contributed by atoms with Gasteiger partial charge in [-0.05, 0) is 24.6 Å². The zero-order chi connectivity index (χ0) is 16.1. The lowest BCUT2D eigenvalue weighted by Crippen LogP contribution is -2.25. The number of nitro benzene ring substituents is 1. The Balaban J connectivity index is 2.35. The summed E-state index contributed by atoms with van der Waals surface area (Å²) in [5.41, 5.74) is 1.61. The van der Waals surface area contributed by atoms with E-state index < -0.39 is 17.1 Å². The lowest BCUT2D eigenvalue weighted by atomic mass is 10.1. The van der Waals surface area contributed by atoms with E-state index >= 15 is 0 Å². The van der Waals surface area contributed by atoms with Crippen LogP contribution in [0.5, 0.6) is 0 Å². The summed E-state index contributed by atoms with van der Waals surface area (Å²) in [4.78, 5) is 21.4. The Kier molecular flexibility index (Phi) is 4.57. The third kappa shape index (κ3) is 3.51. The molecule has 0 spiro atoms. The van der Waals surface area contributed by atoms with Crippen LogP contribution < -0.4 is 10.6 Å². The van der Waals surface area contributed by atoms with Crippen LogP contribution in [0.1, 0.15) is 18.5 Å². The number of carbonyl (C=O) groups is 1. The van der Waals surface area contributed by atoms with Crippen molar-refractivity contribution in [2.24, 2.45) is 0 Å². The summed E-state index contributed by atoms with van der Waals surface area (Å²) in [6.45, 7) is 1.70. The molecule has 2 rings (SSSR count). The summed E-state index contributed by atoms with van der Waals surface area (Å²) in [7, 11) is 0. The van der Waals surface area contributed by atoms with Crippen molar-refractivity contribution in [3.05, 3.63) is 64.2 Å². The first kappa shape index (κ1) is 15.3. The maximum Gasteiger partial charge on any atom is 0.405 e. The molecule has 3 N–H and O–H groups in total. The van der Waals surface area contributed by atoms with Crippen molar-refractivity contribution in [2.75, 3.05) is 5.32 Å². The number of hydrogen-bond acceptors (Lipinski definition) is 4. The van der Waals surface area contributed by atoms with Gasteiger partial charge in [0.1, 0.15) is 5.69 Å². The smallest absolute Gasteiger partial charge is 0.405 e. The van der Waals surface area contributed by atoms with Gasteiger partial charge in [0.15, 0.2) is 0 Å². The lowest BCUT2D eigenvalue weighted by Gasteiger charge is -2.17. The zero-order valence-electron chi connectivity index (χ0n) is 11.8. The highest BCUT2D eigenvalue weighted by molar-refractivity contribution is 5.72. The highest BCUT2D eigenvalue weighted by atomic mass is 16.6. The first-order chi connectivity index (χ1) is 10.5. The Hall–Kier alpha value is -3.09. The van der Waals surface area contributed by atoms with E-state index in [1.165, 1.54) is 6.07 Å². The molecule has 0 aliphatic heterocycles. The van der Waals surface area contributed by atoms with Gasteiger partial charge in [0.2, 0.25) is 0 Å². The van der Waals surface area contributed by atoms with Crippen molar-refractivity contribution in [3.8, 4) is 0 Å². The van der Waals surface area contributed by atoms with Gasteiger partial charge in [-0.2, -0.15) is 0 Å². The van der Waals surface area contributed by atoms with Crippen LogP contribution in [0.15, 0.2) is 48.5 Å².